The number of ether oxygens (including phenoxy) is 2. The van der Waals surface area contributed by atoms with Gasteiger partial charge in [0.2, 0.25) is 0 Å². The first-order valence-electron chi connectivity index (χ1n) is 13.3. The lowest BCUT2D eigenvalue weighted by atomic mass is 9.95. The lowest BCUT2D eigenvalue weighted by Gasteiger charge is -2.26. The topological polar surface area (TPSA) is 82.7 Å². The van der Waals surface area contributed by atoms with E-state index in [0.717, 1.165) is 67.5 Å². The highest BCUT2D eigenvalue weighted by Gasteiger charge is 2.30. The maximum absolute atomic E-state index is 14.0. The van der Waals surface area contributed by atoms with E-state index in [1.165, 1.54) is 6.42 Å². The van der Waals surface area contributed by atoms with Crippen LogP contribution in [0.25, 0.3) is 11.1 Å². The van der Waals surface area contributed by atoms with Gasteiger partial charge in [0, 0.05) is 26.0 Å². The summed E-state index contributed by atoms with van der Waals surface area (Å²) < 4.78 is 15.3. The van der Waals surface area contributed by atoms with E-state index in [9.17, 15) is 14.7 Å². The van der Waals surface area contributed by atoms with Crippen molar-refractivity contribution < 1.29 is 19.4 Å². The third-order valence-corrected chi connectivity index (χ3v) is 7.44. The Bertz CT molecular complexity index is 1250. The van der Waals surface area contributed by atoms with E-state index in [2.05, 4.69) is 6.92 Å². The van der Waals surface area contributed by atoms with E-state index < -0.39 is 12.3 Å². The summed E-state index contributed by atoms with van der Waals surface area (Å²) in [5.41, 5.74) is 4.58. The summed E-state index contributed by atoms with van der Waals surface area (Å²) in [5.74, 6) is -0.950. The minimum absolute atomic E-state index is 0.00703. The van der Waals surface area contributed by atoms with Crippen LogP contribution in [0, 0.1) is 0 Å². The van der Waals surface area contributed by atoms with Crippen molar-refractivity contribution in [3.05, 3.63) is 81.5 Å². The van der Waals surface area contributed by atoms with Crippen LogP contribution in [0.3, 0.4) is 0 Å². The van der Waals surface area contributed by atoms with Crippen molar-refractivity contribution in [1.29, 1.82) is 0 Å². The predicted molar refractivity (Wildman–Crippen MR) is 144 cm³/mol. The molecule has 0 radical (unpaired) electrons. The molecular formula is C30H38N2O5. The second-order valence-electron chi connectivity index (χ2n) is 9.82. The molecule has 1 N–H and O–H groups in total. The van der Waals surface area contributed by atoms with Crippen molar-refractivity contribution >= 4 is 5.97 Å². The number of methoxy groups -OCH3 is 2. The van der Waals surface area contributed by atoms with Gasteiger partial charge in [0.05, 0.1) is 17.8 Å². The van der Waals surface area contributed by atoms with Crippen LogP contribution in [-0.4, -0.2) is 34.4 Å². The van der Waals surface area contributed by atoms with Crippen LogP contribution < -0.4 is 5.69 Å². The molecule has 198 valence electrons. The summed E-state index contributed by atoms with van der Waals surface area (Å²) in [6, 6.07) is 15.0. The second kappa shape index (κ2) is 12.4. The number of nitrogens with zero attached hydrogens (tertiary/aromatic N) is 2. The summed E-state index contributed by atoms with van der Waals surface area (Å²) in [5, 5.41) is 9.57. The fraction of sp³-hybridized carbons (Fsp3) is 0.467. The summed E-state index contributed by atoms with van der Waals surface area (Å²) in [6.45, 7) is 2.59. The highest BCUT2D eigenvalue weighted by atomic mass is 16.7. The first-order chi connectivity index (χ1) is 18.0. The molecule has 7 heteroatoms. The summed E-state index contributed by atoms with van der Waals surface area (Å²) in [7, 11) is 3.25. The van der Waals surface area contributed by atoms with Crippen molar-refractivity contribution in [3.8, 4) is 11.1 Å². The van der Waals surface area contributed by atoms with Gasteiger partial charge >= 0.3 is 11.7 Å². The van der Waals surface area contributed by atoms with Crippen molar-refractivity contribution in [1.82, 2.24) is 9.13 Å². The molecule has 0 saturated heterocycles. The van der Waals surface area contributed by atoms with Gasteiger partial charge in [-0.05, 0) is 48.4 Å². The average Bonchev–Trinajstić information content (AvgIpc) is 3.19. The number of carbonyl (C=O) groups is 1. The Balaban J connectivity index is 1.75. The smallest absolute Gasteiger partial charge is 0.336 e. The fourth-order valence-corrected chi connectivity index (χ4v) is 5.55. The van der Waals surface area contributed by atoms with Crippen LogP contribution in [0.15, 0.2) is 53.3 Å². The molecule has 0 atom stereocenters. The van der Waals surface area contributed by atoms with Crippen molar-refractivity contribution in [3.63, 3.8) is 0 Å². The van der Waals surface area contributed by atoms with Gasteiger partial charge in [-0.1, -0.05) is 75.1 Å². The first kappa shape index (κ1) is 26.9. The number of aromatic carboxylic acids is 1. The van der Waals surface area contributed by atoms with Crippen LogP contribution in [0.2, 0.25) is 0 Å². The fourth-order valence-electron chi connectivity index (χ4n) is 5.55. The molecule has 1 heterocycles. The Morgan fingerprint density at radius 1 is 1.03 bits per heavy atom. The maximum atomic E-state index is 14.0. The largest absolute Gasteiger partial charge is 0.478 e. The van der Waals surface area contributed by atoms with E-state index in [-0.39, 0.29) is 17.3 Å². The van der Waals surface area contributed by atoms with Gasteiger partial charge in [-0.2, -0.15) is 0 Å². The minimum Gasteiger partial charge on any atom is -0.478 e. The van der Waals surface area contributed by atoms with Crippen LogP contribution in [-0.2, 0) is 22.4 Å². The third-order valence-electron chi connectivity index (χ3n) is 7.44. The molecule has 1 aliphatic carbocycles. The highest BCUT2D eigenvalue weighted by Crippen LogP contribution is 2.33. The molecule has 3 aromatic rings. The van der Waals surface area contributed by atoms with E-state index in [1.54, 1.807) is 26.4 Å². The Hall–Kier alpha value is -3.16. The predicted octanol–water partition coefficient (Wildman–Crippen LogP) is 6.20. The standard InChI is InChI=1S/C30H38N2O5/c1-4-5-15-26-27(29(36-2)37-3)32(23-11-7-6-8-12-23)30(35)31(26)20-21-16-18-22(19-17-21)24-13-9-10-14-25(24)28(33)34/h9-10,13-14,16-19,23,29H,4-8,11-12,15,20H2,1-3H3,(H,33,34). The molecule has 1 fully saturated rings. The number of benzene rings is 2. The molecule has 1 aliphatic rings. The molecule has 7 nitrogen and oxygen atoms in total. The number of carboxylic acids is 1. The molecule has 1 saturated carbocycles. The zero-order valence-electron chi connectivity index (χ0n) is 22.1. The first-order valence-corrected chi connectivity index (χ1v) is 13.3. The minimum atomic E-state index is -0.950. The van der Waals surface area contributed by atoms with Crippen LogP contribution >= 0.6 is 0 Å². The number of hydrogen-bond acceptors (Lipinski definition) is 4. The Labute approximate surface area is 218 Å². The van der Waals surface area contributed by atoms with Gasteiger partial charge in [0.15, 0.2) is 6.29 Å². The zero-order chi connectivity index (χ0) is 26.4. The van der Waals surface area contributed by atoms with Gasteiger partial charge < -0.3 is 14.6 Å². The third kappa shape index (κ3) is 5.73. The van der Waals surface area contributed by atoms with E-state index in [1.807, 2.05) is 45.5 Å². The van der Waals surface area contributed by atoms with Gasteiger partial charge in [-0.25, -0.2) is 9.59 Å². The number of carboxylic acid groups (broad SMARTS) is 1. The lowest BCUT2D eigenvalue weighted by Crippen LogP contribution is -2.30. The van der Waals surface area contributed by atoms with Crippen molar-refractivity contribution in [2.45, 2.75) is 77.2 Å². The monoisotopic (exact) mass is 506 g/mol. The van der Waals surface area contributed by atoms with E-state index in [4.69, 9.17) is 9.47 Å². The summed E-state index contributed by atoms with van der Waals surface area (Å²) >= 11 is 0. The SMILES string of the molecule is CCCCc1c(C(OC)OC)n(C2CCCCC2)c(=O)n1Cc1ccc(-c2ccccc2C(=O)O)cc1. The molecule has 0 bridgehead atoms. The van der Waals surface area contributed by atoms with Crippen LogP contribution in [0.1, 0.15) is 91.5 Å². The quantitative estimate of drug-likeness (QED) is 0.313. The number of hydrogen-bond donors (Lipinski definition) is 1. The number of unbranched alkanes of at least 4 members (excludes halogenated alkanes) is 1. The molecule has 37 heavy (non-hydrogen) atoms. The average molecular weight is 507 g/mol. The highest BCUT2D eigenvalue weighted by molar-refractivity contribution is 5.95. The molecule has 1 aromatic heterocycles. The summed E-state index contributed by atoms with van der Waals surface area (Å²) in [4.78, 5) is 25.6. The lowest BCUT2D eigenvalue weighted by molar-refractivity contribution is -0.112. The van der Waals surface area contributed by atoms with Gasteiger partial charge in [-0.15, -0.1) is 0 Å². The summed E-state index contributed by atoms with van der Waals surface area (Å²) in [6.07, 6.45) is 7.58. The second-order valence-corrected chi connectivity index (χ2v) is 9.82. The van der Waals surface area contributed by atoms with Gasteiger partial charge in [-0.3, -0.25) is 9.13 Å². The molecule has 0 spiro atoms. The van der Waals surface area contributed by atoms with Gasteiger partial charge in [0.25, 0.3) is 0 Å². The van der Waals surface area contributed by atoms with Crippen LogP contribution in [0.5, 0.6) is 0 Å². The van der Waals surface area contributed by atoms with Crippen molar-refractivity contribution in [2.24, 2.45) is 0 Å². The number of aromatic nitrogens is 2. The molecule has 2 aromatic carbocycles. The number of imidazole rings is 1. The molecule has 4 rings (SSSR count). The Morgan fingerprint density at radius 2 is 1.70 bits per heavy atom. The normalized spacial score (nSPS) is 14.4. The zero-order valence-corrected chi connectivity index (χ0v) is 22.1. The van der Waals surface area contributed by atoms with Gasteiger partial charge in [0.1, 0.15) is 0 Å². The molecule has 0 unspecified atom stereocenters. The van der Waals surface area contributed by atoms with E-state index >= 15 is 0 Å². The molecule has 0 aliphatic heterocycles. The molecule has 0 amide bonds. The Morgan fingerprint density at radius 3 is 2.32 bits per heavy atom. The maximum Gasteiger partial charge on any atom is 0.336 e. The van der Waals surface area contributed by atoms with Crippen LogP contribution in [0.4, 0.5) is 0 Å². The number of rotatable bonds is 11. The molecular weight excluding hydrogens is 468 g/mol. The van der Waals surface area contributed by atoms with E-state index in [0.29, 0.717) is 12.1 Å². The van der Waals surface area contributed by atoms with Crippen molar-refractivity contribution in [2.75, 3.05) is 14.2 Å². The Kier molecular flexibility index (Phi) is 9.00.